The molecule has 0 radical (unpaired) electrons. The summed E-state index contributed by atoms with van der Waals surface area (Å²) >= 11 is -2.16. The third-order valence-electron chi connectivity index (χ3n) is 2.45. The van der Waals surface area contributed by atoms with Crippen LogP contribution in [0, 0.1) is 0 Å². The Balaban J connectivity index is 3.31. The van der Waals surface area contributed by atoms with E-state index in [2.05, 4.69) is 27.0 Å². The molecular weight excluding hydrogens is 323 g/mol. The second-order valence-electron chi connectivity index (χ2n) is 6.13. The normalized spacial score (nSPS) is 14.9. The predicted molar refractivity (Wildman–Crippen MR) is 75.6 cm³/mol. The fourth-order valence-electron chi connectivity index (χ4n) is 1.58. The van der Waals surface area contributed by atoms with Gasteiger partial charge in [0, 0.05) is 0 Å². The van der Waals surface area contributed by atoms with Gasteiger partial charge in [-0.05, 0) is 0 Å². The van der Waals surface area contributed by atoms with E-state index in [1.54, 1.807) is 0 Å². The van der Waals surface area contributed by atoms with E-state index < -0.39 is 29.2 Å². The average Bonchev–Trinajstić information content (AvgIpc) is 2.14. The van der Waals surface area contributed by atoms with Crippen molar-refractivity contribution >= 4 is 32.8 Å². The Morgan fingerprint density at radius 2 is 1.56 bits per heavy atom. The molecule has 0 bridgehead atoms. The van der Waals surface area contributed by atoms with Crippen LogP contribution in [0.3, 0.4) is 0 Å². The summed E-state index contributed by atoms with van der Waals surface area (Å²) < 4.78 is 13.7. The summed E-state index contributed by atoms with van der Waals surface area (Å²) in [5.41, 5.74) is 0. The van der Waals surface area contributed by atoms with Crippen LogP contribution in [-0.2, 0) is 10.8 Å². The van der Waals surface area contributed by atoms with E-state index in [9.17, 15) is 4.21 Å². The molecule has 90 valence electrons. The molecule has 16 heavy (non-hydrogen) atoms. The van der Waals surface area contributed by atoms with Crippen molar-refractivity contribution in [2.75, 3.05) is 0 Å². The van der Waals surface area contributed by atoms with E-state index in [4.69, 9.17) is 0 Å². The molecule has 3 heteroatoms. The van der Waals surface area contributed by atoms with Crippen LogP contribution in [0.4, 0.5) is 0 Å². The molecule has 0 aliphatic rings. The van der Waals surface area contributed by atoms with Gasteiger partial charge in [-0.1, -0.05) is 0 Å². The van der Waals surface area contributed by atoms with Crippen molar-refractivity contribution in [3.05, 3.63) is 24.3 Å². The number of hydrogen-bond acceptors (Lipinski definition) is 1. The molecule has 0 heterocycles. The van der Waals surface area contributed by atoms with Crippen LogP contribution in [-0.4, -0.2) is 27.3 Å². The van der Waals surface area contributed by atoms with Crippen LogP contribution >= 0.6 is 0 Å². The first kappa shape index (κ1) is 14.2. The van der Waals surface area contributed by atoms with Gasteiger partial charge in [-0.15, -0.1) is 0 Å². The molecule has 0 aromatic heterocycles. The first-order valence-corrected chi connectivity index (χ1v) is 16.8. The zero-order valence-corrected chi connectivity index (χ0v) is 14.8. The van der Waals surface area contributed by atoms with E-state index in [1.165, 1.54) is 3.58 Å². The summed E-state index contributed by atoms with van der Waals surface area (Å²) in [4.78, 5) is 8.17. The van der Waals surface area contributed by atoms with Crippen molar-refractivity contribution in [3.63, 3.8) is 0 Å². The summed E-state index contributed by atoms with van der Waals surface area (Å²) in [7, 11) is -0.906. The van der Waals surface area contributed by atoms with Gasteiger partial charge >= 0.3 is 106 Å². The van der Waals surface area contributed by atoms with Crippen molar-refractivity contribution in [3.8, 4) is 0 Å². The molecule has 1 nitrogen and oxygen atoms in total. The van der Waals surface area contributed by atoms with E-state index in [0.29, 0.717) is 0 Å². The maximum absolute atomic E-state index is 12.5. The quantitative estimate of drug-likeness (QED) is 0.753. The summed E-state index contributed by atoms with van der Waals surface area (Å²) in [5.74, 6) is 0. The summed E-state index contributed by atoms with van der Waals surface area (Å²) in [6.45, 7) is 6.12. The molecule has 0 spiro atoms. The van der Waals surface area contributed by atoms with Crippen molar-refractivity contribution in [2.24, 2.45) is 0 Å². The monoisotopic (exact) mass is 346 g/mol. The van der Waals surface area contributed by atoms with Crippen molar-refractivity contribution < 1.29 is 4.21 Å². The zero-order valence-electron chi connectivity index (χ0n) is 11.1. The third-order valence-corrected chi connectivity index (χ3v) is 10.7. The van der Waals surface area contributed by atoms with E-state index in [1.807, 2.05) is 32.9 Å². The molecule has 1 unspecified atom stereocenters. The van der Waals surface area contributed by atoms with Gasteiger partial charge in [0.15, 0.2) is 0 Å². The first-order valence-electron chi connectivity index (χ1n) is 5.65. The van der Waals surface area contributed by atoms with Gasteiger partial charge in [-0.25, -0.2) is 0 Å². The minimum absolute atomic E-state index is 0.173. The second kappa shape index (κ2) is 4.81. The summed E-state index contributed by atoms with van der Waals surface area (Å²) in [5, 5.41) is 0. The molecule has 0 saturated heterocycles. The Hall–Kier alpha value is 0.169. The Morgan fingerprint density at radius 1 is 1.06 bits per heavy atom. The fourth-order valence-corrected chi connectivity index (χ4v) is 9.60. The summed E-state index contributed by atoms with van der Waals surface area (Å²) in [6.07, 6.45) is 0. The van der Waals surface area contributed by atoms with Crippen molar-refractivity contribution in [1.29, 1.82) is 0 Å². The molecule has 0 fully saturated rings. The molecule has 0 amide bonds. The van der Waals surface area contributed by atoms with Crippen molar-refractivity contribution in [1.82, 2.24) is 0 Å². The van der Waals surface area contributed by atoms with Crippen molar-refractivity contribution in [2.45, 2.75) is 45.2 Å². The number of benzene rings is 1. The van der Waals surface area contributed by atoms with Gasteiger partial charge in [0.05, 0.1) is 0 Å². The Morgan fingerprint density at radius 3 is 2.00 bits per heavy atom. The minimum atomic E-state index is -2.16. The molecule has 1 aromatic carbocycles. The second-order valence-corrected chi connectivity index (χ2v) is 22.7. The van der Waals surface area contributed by atoms with E-state index in [0.717, 1.165) is 4.90 Å². The van der Waals surface area contributed by atoms with Crippen LogP contribution in [0.1, 0.15) is 20.8 Å². The van der Waals surface area contributed by atoms with Crippen LogP contribution in [0.15, 0.2) is 29.2 Å². The zero-order chi connectivity index (χ0) is 12.6. The molecule has 0 N–H and O–H groups in total. The van der Waals surface area contributed by atoms with Gasteiger partial charge in [0.25, 0.3) is 0 Å². The molecular formula is C13H22OSSn. The Kier molecular flexibility index (Phi) is 4.28. The number of rotatable bonds is 2. The molecule has 0 saturated carbocycles. The standard InChI is InChI=1S/C10H13OS.3CH3.Sn/c1-10(2,3)12(11)9-7-5-4-6-8-9;;;;/h4-7H,1-3H3;3*1H3;. The average molecular weight is 345 g/mol. The van der Waals surface area contributed by atoms with Gasteiger partial charge in [0.1, 0.15) is 0 Å². The molecule has 1 aromatic rings. The van der Waals surface area contributed by atoms with E-state index in [-0.39, 0.29) is 4.75 Å². The van der Waals surface area contributed by atoms with Gasteiger partial charge in [-0.3, -0.25) is 0 Å². The van der Waals surface area contributed by atoms with Crippen LogP contribution in [0.5, 0.6) is 0 Å². The fraction of sp³-hybridized carbons (Fsp3) is 0.538. The van der Waals surface area contributed by atoms with Crippen LogP contribution in [0.2, 0.25) is 14.8 Å². The Bertz CT molecular complexity index is 399. The third kappa shape index (κ3) is 3.33. The van der Waals surface area contributed by atoms with Crippen LogP contribution in [0.25, 0.3) is 0 Å². The van der Waals surface area contributed by atoms with Gasteiger partial charge in [-0.2, -0.15) is 0 Å². The summed E-state index contributed by atoms with van der Waals surface area (Å²) in [6, 6.07) is 8.29. The first-order chi connectivity index (χ1) is 7.14. The number of hydrogen-bond donors (Lipinski definition) is 0. The predicted octanol–water partition coefficient (Wildman–Crippen LogP) is 3.14. The van der Waals surface area contributed by atoms with E-state index >= 15 is 0 Å². The van der Waals surface area contributed by atoms with Gasteiger partial charge < -0.3 is 0 Å². The topological polar surface area (TPSA) is 17.1 Å². The van der Waals surface area contributed by atoms with Gasteiger partial charge in [0.2, 0.25) is 0 Å². The maximum atomic E-state index is 12.5. The Labute approximate surface area is 106 Å². The van der Waals surface area contributed by atoms with Crippen LogP contribution < -0.4 is 3.58 Å². The molecule has 0 aliphatic heterocycles. The SMILES string of the molecule is CC(C)(C)S(=O)c1cccc[c]1[Sn]([CH3])([CH3])[CH3]. The molecule has 0 aliphatic carbocycles. The molecule has 1 rings (SSSR count). The molecule has 1 atom stereocenters.